The SMILES string of the molecule is NCc1ccc(S(=O)(=O)NCC2CCSCC2)cc1. The van der Waals surface area contributed by atoms with E-state index in [4.69, 9.17) is 5.73 Å². The van der Waals surface area contributed by atoms with E-state index in [9.17, 15) is 8.42 Å². The van der Waals surface area contributed by atoms with Crippen LogP contribution in [-0.4, -0.2) is 26.5 Å². The van der Waals surface area contributed by atoms with Gasteiger partial charge in [0, 0.05) is 13.1 Å². The standard InChI is InChI=1S/C13H20N2O2S2/c14-9-11-1-3-13(4-2-11)19(16,17)15-10-12-5-7-18-8-6-12/h1-4,12,15H,5-10,14H2. The summed E-state index contributed by atoms with van der Waals surface area (Å²) in [5.41, 5.74) is 6.43. The average molecular weight is 300 g/mol. The van der Waals surface area contributed by atoms with E-state index < -0.39 is 10.0 Å². The summed E-state index contributed by atoms with van der Waals surface area (Å²) < 4.78 is 27.0. The molecule has 1 saturated heterocycles. The molecule has 4 nitrogen and oxygen atoms in total. The van der Waals surface area contributed by atoms with E-state index in [1.165, 1.54) is 0 Å². The van der Waals surface area contributed by atoms with Crippen molar-refractivity contribution in [3.63, 3.8) is 0 Å². The summed E-state index contributed by atoms with van der Waals surface area (Å²) >= 11 is 1.94. The molecule has 0 saturated carbocycles. The molecule has 1 aromatic rings. The average Bonchev–Trinajstić information content (AvgIpc) is 2.46. The van der Waals surface area contributed by atoms with Crippen molar-refractivity contribution in [2.45, 2.75) is 24.3 Å². The Kier molecular flexibility index (Phi) is 5.27. The zero-order chi connectivity index (χ0) is 13.7. The first-order valence-corrected chi connectivity index (χ1v) is 9.12. The highest BCUT2D eigenvalue weighted by atomic mass is 32.2. The maximum Gasteiger partial charge on any atom is 0.240 e. The Labute approximate surface area is 119 Å². The Hall–Kier alpha value is -0.560. The molecule has 3 N–H and O–H groups in total. The minimum Gasteiger partial charge on any atom is -0.326 e. The van der Waals surface area contributed by atoms with Gasteiger partial charge in [-0.1, -0.05) is 12.1 Å². The second-order valence-electron chi connectivity index (χ2n) is 4.76. The predicted octanol–water partition coefficient (Wildman–Crippen LogP) is 1.57. The Bertz CT molecular complexity index is 494. The summed E-state index contributed by atoms with van der Waals surface area (Å²) in [5, 5.41) is 0. The molecule has 0 spiro atoms. The lowest BCUT2D eigenvalue weighted by atomic mass is 10.0. The molecule has 1 aliphatic heterocycles. The van der Waals surface area contributed by atoms with Gasteiger partial charge in [-0.25, -0.2) is 13.1 Å². The molecular formula is C13H20N2O2S2. The lowest BCUT2D eigenvalue weighted by Gasteiger charge is -2.21. The molecule has 0 amide bonds. The third-order valence-corrected chi connectivity index (χ3v) is 5.86. The lowest BCUT2D eigenvalue weighted by molar-refractivity contribution is 0.476. The van der Waals surface area contributed by atoms with Crippen LogP contribution in [0.4, 0.5) is 0 Å². The van der Waals surface area contributed by atoms with Gasteiger partial charge in [-0.15, -0.1) is 0 Å². The van der Waals surface area contributed by atoms with E-state index in [2.05, 4.69) is 4.72 Å². The lowest BCUT2D eigenvalue weighted by Crippen LogP contribution is -2.31. The molecule has 106 valence electrons. The smallest absolute Gasteiger partial charge is 0.240 e. The summed E-state index contributed by atoms with van der Waals surface area (Å²) in [6.07, 6.45) is 2.19. The zero-order valence-electron chi connectivity index (χ0n) is 10.8. The molecule has 6 heteroatoms. The summed E-state index contributed by atoms with van der Waals surface area (Å²) in [6, 6.07) is 6.74. The van der Waals surface area contributed by atoms with Crippen molar-refractivity contribution in [3.8, 4) is 0 Å². The van der Waals surface area contributed by atoms with E-state index in [1.807, 2.05) is 11.8 Å². The van der Waals surface area contributed by atoms with Crippen LogP contribution in [0.3, 0.4) is 0 Å². The fraction of sp³-hybridized carbons (Fsp3) is 0.538. The number of nitrogens with one attached hydrogen (secondary N) is 1. The fourth-order valence-electron chi connectivity index (χ4n) is 2.07. The van der Waals surface area contributed by atoms with Crippen LogP contribution in [-0.2, 0) is 16.6 Å². The van der Waals surface area contributed by atoms with Crippen LogP contribution in [0.1, 0.15) is 18.4 Å². The van der Waals surface area contributed by atoms with Gasteiger partial charge in [0.15, 0.2) is 0 Å². The maximum absolute atomic E-state index is 12.1. The normalized spacial score (nSPS) is 17.5. The number of hydrogen-bond donors (Lipinski definition) is 2. The monoisotopic (exact) mass is 300 g/mol. The maximum atomic E-state index is 12.1. The molecule has 2 rings (SSSR count). The molecular weight excluding hydrogens is 280 g/mol. The van der Waals surface area contributed by atoms with Gasteiger partial charge < -0.3 is 5.73 Å². The van der Waals surface area contributed by atoms with Crippen molar-refractivity contribution >= 4 is 21.8 Å². The summed E-state index contributed by atoms with van der Waals surface area (Å²) in [5.74, 6) is 2.74. The van der Waals surface area contributed by atoms with E-state index in [-0.39, 0.29) is 0 Å². The molecule has 19 heavy (non-hydrogen) atoms. The van der Waals surface area contributed by atoms with Gasteiger partial charge in [0.1, 0.15) is 0 Å². The Balaban J connectivity index is 1.96. The highest BCUT2D eigenvalue weighted by Gasteiger charge is 2.18. The Morgan fingerprint density at radius 3 is 2.42 bits per heavy atom. The van der Waals surface area contributed by atoms with Crippen molar-refractivity contribution < 1.29 is 8.42 Å². The number of hydrogen-bond acceptors (Lipinski definition) is 4. The molecule has 0 aromatic heterocycles. The highest BCUT2D eigenvalue weighted by molar-refractivity contribution is 7.99. The van der Waals surface area contributed by atoms with Gasteiger partial charge in [-0.05, 0) is 48.0 Å². The van der Waals surface area contributed by atoms with Gasteiger partial charge in [0.25, 0.3) is 0 Å². The van der Waals surface area contributed by atoms with Crippen molar-refractivity contribution in [2.75, 3.05) is 18.1 Å². The molecule has 0 bridgehead atoms. The third-order valence-electron chi connectivity index (χ3n) is 3.37. The molecule has 1 aliphatic rings. The Morgan fingerprint density at radius 1 is 1.21 bits per heavy atom. The number of nitrogens with two attached hydrogens (primary N) is 1. The van der Waals surface area contributed by atoms with E-state index in [0.717, 1.165) is 29.9 Å². The van der Waals surface area contributed by atoms with Crippen molar-refractivity contribution in [1.82, 2.24) is 4.72 Å². The first-order valence-electron chi connectivity index (χ1n) is 6.48. The number of thioether (sulfide) groups is 1. The van der Waals surface area contributed by atoms with Crippen LogP contribution in [0.5, 0.6) is 0 Å². The number of sulfonamides is 1. The number of benzene rings is 1. The molecule has 1 aromatic carbocycles. The number of rotatable bonds is 5. The topological polar surface area (TPSA) is 72.2 Å². The van der Waals surface area contributed by atoms with Crippen LogP contribution in [0.15, 0.2) is 29.2 Å². The summed E-state index contributed by atoms with van der Waals surface area (Å²) in [6.45, 7) is 0.967. The molecule has 0 unspecified atom stereocenters. The van der Waals surface area contributed by atoms with E-state index in [1.54, 1.807) is 24.3 Å². The predicted molar refractivity (Wildman–Crippen MR) is 79.6 cm³/mol. The van der Waals surface area contributed by atoms with Gasteiger partial charge in [0.2, 0.25) is 10.0 Å². The Morgan fingerprint density at radius 2 is 1.84 bits per heavy atom. The van der Waals surface area contributed by atoms with Crippen LogP contribution in [0.25, 0.3) is 0 Å². The summed E-state index contributed by atoms with van der Waals surface area (Å²) in [4.78, 5) is 0.315. The first kappa shape index (κ1) is 14.8. The van der Waals surface area contributed by atoms with Crippen LogP contribution in [0, 0.1) is 5.92 Å². The van der Waals surface area contributed by atoms with Gasteiger partial charge in [0.05, 0.1) is 4.90 Å². The molecule has 0 atom stereocenters. The quantitative estimate of drug-likeness (QED) is 0.866. The van der Waals surface area contributed by atoms with Gasteiger partial charge >= 0.3 is 0 Å². The molecule has 1 fully saturated rings. The van der Waals surface area contributed by atoms with Crippen molar-refractivity contribution in [2.24, 2.45) is 11.7 Å². The van der Waals surface area contributed by atoms with Crippen LogP contribution < -0.4 is 10.5 Å². The second-order valence-corrected chi connectivity index (χ2v) is 7.75. The van der Waals surface area contributed by atoms with Crippen LogP contribution in [0.2, 0.25) is 0 Å². The second kappa shape index (κ2) is 6.74. The van der Waals surface area contributed by atoms with Crippen molar-refractivity contribution in [3.05, 3.63) is 29.8 Å². The first-order chi connectivity index (χ1) is 9.12. The van der Waals surface area contributed by atoms with Crippen molar-refractivity contribution in [1.29, 1.82) is 0 Å². The minimum absolute atomic E-state index is 0.315. The fourth-order valence-corrected chi connectivity index (χ4v) is 4.39. The minimum atomic E-state index is -3.38. The molecule has 0 aliphatic carbocycles. The van der Waals surface area contributed by atoms with E-state index in [0.29, 0.717) is 23.9 Å². The highest BCUT2D eigenvalue weighted by Crippen LogP contribution is 2.22. The molecule has 0 radical (unpaired) electrons. The molecule has 1 heterocycles. The van der Waals surface area contributed by atoms with Crippen LogP contribution >= 0.6 is 11.8 Å². The third kappa shape index (κ3) is 4.21. The van der Waals surface area contributed by atoms with Gasteiger partial charge in [-0.2, -0.15) is 11.8 Å². The zero-order valence-corrected chi connectivity index (χ0v) is 12.5. The summed E-state index contributed by atoms with van der Waals surface area (Å²) in [7, 11) is -3.38. The van der Waals surface area contributed by atoms with E-state index >= 15 is 0 Å². The van der Waals surface area contributed by atoms with Gasteiger partial charge in [-0.3, -0.25) is 0 Å². The largest absolute Gasteiger partial charge is 0.326 e.